The zero-order valence-corrected chi connectivity index (χ0v) is 18.4. The van der Waals surface area contributed by atoms with Crippen molar-refractivity contribution < 1.29 is 14.6 Å². The Labute approximate surface area is 183 Å². The van der Waals surface area contributed by atoms with Crippen molar-refractivity contribution in [3.8, 4) is 33.9 Å². The highest BCUT2D eigenvalue weighted by Gasteiger charge is 2.13. The van der Waals surface area contributed by atoms with Gasteiger partial charge in [-0.1, -0.05) is 19.1 Å². The second kappa shape index (κ2) is 9.98. The van der Waals surface area contributed by atoms with Gasteiger partial charge in [0.25, 0.3) is 0 Å². The SMILES string of the molecule is CCCC(=O)Nc1ccc(O)c(-c2cc(-c3cccc(OC)c3)cc(NC(C)C)n2)c1. The summed E-state index contributed by atoms with van der Waals surface area (Å²) in [7, 11) is 1.64. The number of hydrogen-bond acceptors (Lipinski definition) is 5. The van der Waals surface area contributed by atoms with Crippen LogP contribution in [0.2, 0.25) is 0 Å². The quantitative estimate of drug-likeness (QED) is 0.409. The molecule has 0 aliphatic carbocycles. The lowest BCUT2D eigenvalue weighted by atomic mass is 10.0. The predicted molar refractivity (Wildman–Crippen MR) is 126 cm³/mol. The Hall–Kier alpha value is -3.54. The summed E-state index contributed by atoms with van der Waals surface area (Å²) in [4.78, 5) is 16.7. The fourth-order valence-corrected chi connectivity index (χ4v) is 3.28. The Bertz CT molecular complexity index is 1060. The van der Waals surface area contributed by atoms with Crippen LogP contribution in [-0.2, 0) is 4.79 Å². The smallest absolute Gasteiger partial charge is 0.224 e. The highest BCUT2D eigenvalue weighted by atomic mass is 16.5. The fraction of sp³-hybridized carbons (Fsp3) is 0.280. The largest absolute Gasteiger partial charge is 0.507 e. The standard InChI is InChI=1S/C25H29N3O3/c1-5-7-25(30)27-19-10-11-23(29)21(15-19)22-13-18(14-24(28-22)26-16(2)3)17-8-6-9-20(12-17)31-4/h6,8-16,29H,5,7H2,1-4H3,(H,26,28)(H,27,30). The van der Waals surface area contributed by atoms with E-state index < -0.39 is 0 Å². The number of amides is 1. The van der Waals surface area contributed by atoms with E-state index in [-0.39, 0.29) is 17.7 Å². The number of phenols is 1. The molecule has 3 N–H and O–H groups in total. The molecule has 1 heterocycles. The number of pyridine rings is 1. The monoisotopic (exact) mass is 419 g/mol. The first kappa shape index (κ1) is 22.2. The minimum Gasteiger partial charge on any atom is -0.507 e. The van der Waals surface area contributed by atoms with E-state index in [1.54, 1.807) is 25.3 Å². The second-order valence-electron chi connectivity index (χ2n) is 7.69. The molecule has 6 nitrogen and oxygen atoms in total. The van der Waals surface area contributed by atoms with Crippen molar-refractivity contribution in [2.45, 2.75) is 39.7 Å². The molecular formula is C25H29N3O3. The van der Waals surface area contributed by atoms with Crippen LogP contribution in [0, 0.1) is 0 Å². The number of rotatable bonds is 8. The molecule has 3 aromatic rings. The average Bonchev–Trinajstić information content (AvgIpc) is 2.74. The number of benzene rings is 2. The van der Waals surface area contributed by atoms with Gasteiger partial charge >= 0.3 is 0 Å². The molecule has 0 bridgehead atoms. The number of hydrogen-bond donors (Lipinski definition) is 3. The number of methoxy groups -OCH3 is 1. The topological polar surface area (TPSA) is 83.5 Å². The molecule has 0 fully saturated rings. The molecule has 0 saturated carbocycles. The van der Waals surface area contributed by atoms with E-state index in [1.165, 1.54) is 0 Å². The van der Waals surface area contributed by atoms with E-state index in [4.69, 9.17) is 9.72 Å². The lowest BCUT2D eigenvalue weighted by molar-refractivity contribution is -0.116. The first-order chi connectivity index (χ1) is 14.9. The molecule has 31 heavy (non-hydrogen) atoms. The predicted octanol–water partition coefficient (Wildman–Crippen LogP) is 5.69. The molecule has 0 aliphatic rings. The highest BCUT2D eigenvalue weighted by Crippen LogP contribution is 2.35. The van der Waals surface area contributed by atoms with Crippen LogP contribution in [0.25, 0.3) is 22.4 Å². The fourth-order valence-electron chi connectivity index (χ4n) is 3.28. The van der Waals surface area contributed by atoms with Gasteiger partial charge in [-0.15, -0.1) is 0 Å². The number of anilines is 2. The zero-order chi connectivity index (χ0) is 22.4. The summed E-state index contributed by atoms with van der Waals surface area (Å²) in [6, 6.07) is 16.9. The third-order valence-corrected chi connectivity index (χ3v) is 4.70. The Morgan fingerprint density at radius 2 is 1.90 bits per heavy atom. The molecule has 0 spiro atoms. The van der Waals surface area contributed by atoms with Crippen molar-refractivity contribution in [3.63, 3.8) is 0 Å². The van der Waals surface area contributed by atoms with Crippen LogP contribution in [0.3, 0.4) is 0 Å². The van der Waals surface area contributed by atoms with Gasteiger partial charge in [-0.3, -0.25) is 4.79 Å². The van der Waals surface area contributed by atoms with Gasteiger partial charge in [0.05, 0.1) is 12.8 Å². The van der Waals surface area contributed by atoms with E-state index in [0.717, 1.165) is 23.3 Å². The van der Waals surface area contributed by atoms with E-state index in [1.807, 2.05) is 57.2 Å². The number of nitrogens with zero attached hydrogens (tertiary/aromatic N) is 1. The maximum atomic E-state index is 12.0. The number of aromatic hydroxyl groups is 1. The number of ether oxygens (including phenoxy) is 1. The second-order valence-corrected chi connectivity index (χ2v) is 7.69. The van der Waals surface area contributed by atoms with Gasteiger partial charge < -0.3 is 20.5 Å². The normalized spacial score (nSPS) is 10.7. The van der Waals surface area contributed by atoms with E-state index in [2.05, 4.69) is 10.6 Å². The van der Waals surface area contributed by atoms with Gasteiger partial charge in [-0.05, 0) is 73.9 Å². The van der Waals surface area contributed by atoms with Crippen molar-refractivity contribution in [1.82, 2.24) is 4.98 Å². The maximum Gasteiger partial charge on any atom is 0.224 e. The van der Waals surface area contributed by atoms with Crippen LogP contribution in [-0.4, -0.2) is 29.1 Å². The van der Waals surface area contributed by atoms with Gasteiger partial charge in [0.15, 0.2) is 0 Å². The van der Waals surface area contributed by atoms with Crippen LogP contribution < -0.4 is 15.4 Å². The number of carbonyl (C=O) groups excluding carboxylic acids is 1. The molecule has 162 valence electrons. The summed E-state index contributed by atoms with van der Waals surface area (Å²) in [5, 5.41) is 16.8. The summed E-state index contributed by atoms with van der Waals surface area (Å²) in [6.45, 7) is 6.04. The number of nitrogens with one attached hydrogen (secondary N) is 2. The number of aromatic nitrogens is 1. The molecule has 0 saturated heterocycles. The molecule has 1 amide bonds. The van der Waals surface area contributed by atoms with Crippen molar-refractivity contribution in [2.75, 3.05) is 17.7 Å². The number of carbonyl (C=O) groups is 1. The van der Waals surface area contributed by atoms with Crippen LogP contribution in [0.4, 0.5) is 11.5 Å². The lowest BCUT2D eigenvalue weighted by Gasteiger charge is -2.15. The van der Waals surface area contributed by atoms with Crippen LogP contribution in [0.1, 0.15) is 33.6 Å². The molecule has 2 aromatic carbocycles. The Balaban J connectivity index is 2.08. The minimum absolute atomic E-state index is 0.0561. The van der Waals surface area contributed by atoms with Gasteiger partial charge in [0.2, 0.25) is 5.91 Å². The summed E-state index contributed by atoms with van der Waals surface area (Å²) in [6.07, 6.45) is 1.22. The molecule has 0 aliphatic heterocycles. The Kier molecular flexibility index (Phi) is 7.13. The summed E-state index contributed by atoms with van der Waals surface area (Å²) in [5.41, 5.74) is 3.69. The molecule has 0 atom stereocenters. The zero-order valence-electron chi connectivity index (χ0n) is 18.4. The van der Waals surface area contributed by atoms with Crippen molar-refractivity contribution in [1.29, 1.82) is 0 Å². The van der Waals surface area contributed by atoms with E-state index in [0.29, 0.717) is 29.2 Å². The molecule has 6 heteroatoms. The molecule has 0 radical (unpaired) electrons. The first-order valence-electron chi connectivity index (χ1n) is 10.5. The van der Waals surface area contributed by atoms with Crippen molar-refractivity contribution in [2.24, 2.45) is 0 Å². The summed E-state index contributed by atoms with van der Waals surface area (Å²) < 4.78 is 5.37. The Morgan fingerprint density at radius 3 is 2.61 bits per heavy atom. The van der Waals surface area contributed by atoms with Crippen LogP contribution in [0.15, 0.2) is 54.6 Å². The van der Waals surface area contributed by atoms with Crippen molar-refractivity contribution >= 4 is 17.4 Å². The van der Waals surface area contributed by atoms with Crippen molar-refractivity contribution in [3.05, 3.63) is 54.6 Å². The molecule has 3 rings (SSSR count). The maximum absolute atomic E-state index is 12.0. The first-order valence-corrected chi connectivity index (χ1v) is 10.5. The minimum atomic E-state index is -0.0561. The molecule has 0 unspecified atom stereocenters. The van der Waals surface area contributed by atoms with Gasteiger partial charge in [0, 0.05) is 23.7 Å². The average molecular weight is 420 g/mol. The molecule has 1 aromatic heterocycles. The van der Waals surface area contributed by atoms with Crippen LogP contribution in [0.5, 0.6) is 11.5 Å². The van der Waals surface area contributed by atoms with E-state index in [9.17, 15) is 9.90 Å². The summed E-state index contributed by atoms with van der Waals surface area (Å²) in [5.74, 6) is 1.50. The molecular weight excluding hydrogens is 390 g/mol. The van der Waals surface area contributed by atoms with Crippen LogP contribution >= 0.6 is 0 Å². The number of phenolic OH excluding ortho intramolecular Hbond substituents is 1. The van der Waals surface area contributed by atoms with Gasteiger partial charge in [0.1, 0.15) is 17.3 Å². The van der Waals surface area contributed by atoms with E-state index >= 15 is 0 Å². The lowest BCUT2D eigenvalue weighted by Crippen LogP contribution is -2.11. The Morgan fingerprint density at radius 1 is 1.10 bits per heavy atom. The third-order valence-electron chi connectivity index (χ3n) is 4.70. The highest BCUT2D eigenvalue weighted by molar-refractivity contribution is 5.92. The summed E-state index contributed by atoms with van der Waals surface area (Å²) >= 11 is 0. The third kappa shape index (κ3) is 5.75. The van der Waals surface area contributed by atoms with Gasteiger partial charge in [-0.25, -0.2) is 4.98 Å². The van der Waals surface area contributed by atoms with Gasteiger partial charge in [-0.2, -0.15) is 0 Å².